The normalized spacial score (nSPS) is 11.0. The van der Waals surface area contributed by atoms with E-state index in [1.807, 2.05) is 42.5 Å². The van der Waals surface area contributed by atoms with Gasteiger partial charge in [-0.3, -0.25) is 4.79 Å². The summed E-state index contributed by atoms with van der Waals surface area (Å²) in [6, 6.07) is 19.5. The van der Waals surface area contributed by atoms with Gasteiger partial charge in [0.05, 0.1) is 17.7 Å². The van der Waals surface area contributed by atoms with E-state index < -0.39 is 11.9 Å². The largest absolute Gasteiger partial charge is 0.460 e. The van der Waals surface area contributed by atoms with E-state index in [0.717, 1.165) is 5.56 Å². The van der Waals surface area contributed by atoms with Gasteiger partial charge in [0.1, 0.15) is 6.61 Å². The summed E-state index contributed by atoms with van der Waals surface area (Å²) in [5.41, 5.74) is 1.87. The molecular weight excluding hydrogens is 264 g/mol. The number of esters is 1. The van der Waals surface area contributed by atoms with E-state index in [1.165, 1.54) is 0 Å². The lowest BCUT2D eigenvalue weighted by Gasteiger charge is -2.10. The molecule has 1 unspecified atom stereocenters. The zero-order valence-corrected chi connectivity index (χ0v) is 11.2. The summed E-state index contributed by atoms with van der Waals surface area (Å²) in [5, 5.41) is 17.9. The van der Waals surface area contributed by atoms with Crippen LogP contribution in [-0.2, 0) is 16.1 Å². The molecule has 0 amide bonds. The standard InChI is InChI=1S/C17H12N2O2/c18-10-13-6-8-15(9-7-13)16(11-19)17(20)21-12-14-4-2-1-3-5-14/h1-9,16H,12H2. The molecule has 2 rings (SSSR count). The molecule has 0 heterocycles. The zero-order valence-electron chi connectivity index (χ0n) is 11.2. The van der Waals surface area contributed by atoms with E-state index in [1.54, 1.807) is 24.3 Å². The highest BCUT2D eigenvalue weighted by Crippen LogP contribution is 2.18. The Hall–Kier alpha value is -3.11. The average Bonchev–Trinajstić information content (AvgIpc) is 2.55. The molecule has 2 aromatic carbocycles. The summed E-state index contributed by atoms with van der Waals surface area (Å²) in [5.74, 6) is -1.58. The topological polar surface area (TPSA) is 73.9 Å². The molecule has 0 spiro atoms. The molecule has 0 aliphatic carbocycles. The van der Waals surface area contributed by atoms with Gasteiger partial charge < -0.3 is 4.74 Å². The lowest BCUT2D eigenvalue weighted by Crippen LogP contribution is -2.14. The minimum Gasteiger partial charge on any atom is -0.460 e. The number of ether oxygens (including phenoxy) is 1. The van der Waals surface area contributed by atoms with Gasteiger partial charge in [-0.2, -0.15) is 10.5 Å². The smallest absolute Gasteiger partial charge is 0.328 e. The molecule has 0 aliphatic heterocycles. The van der Waals surface area contributed by atoms with Crippen molar-refractivity contribution in [1.29, 1.82) is 10.5 Å². The first-order valence-corrected chi connectivity index (χ1v) is 6.35. The fraction of sp³-hybridized carbons (Fsp3) is 0.118. The number of rotatable bonds is 4. The van der Waals surface area contributed by atoms with Crippen molar-refractivity contribution in [3.05, 3.63) is 71.3 Å². The van der Waals surface area contributed by atoms with Crippen LogP contribution in [0.2, 0.25) is 0 Å². The number of nitrogens with zero attached hydrogens (tertiary/aromatic N) is 2. The first-order valence-electron chi connectivity index (χ1n) is 6.35. The maximum atomic E-state index is 12.0. The lowest BCUT2D eigenvalue weighted by molar-refractivity contribution is -0.145. The van der Waals surface area contributed by atoms with Gasteiger partial charge in [0.25, 0.3) is 0 Å². The molecule has 0 N–H and O–H groups in total. The van der Waals surface area contributed by atoms with Crippen molar-refractivity contribution in [1.82, 2.24) is 0 Å². The fourth-order valence-electron chi connectivity index (χ4n) is 1.83. The minimum atomic E-state index is -0.985. The van der Waals surface area contributed by atoms with E-state index in [0.29, 0.717) is 11.1 Å². The van der Waals surface area contributed by atoms with Gasteiger partial charge in [-0.15, -0.1) is 0 Å². The summed E-state index contributed by atoms with van der Waals surface area (Å²) < 4.78 is 5.17. The van der Waals surface area contributed by atoms with Crippen LogP contribution in [0.25, 0.3) is 0 Å². The summed E-state index contributed by atoms with van der Waals surface area (Å²) in [7, 11) is 0. The van der Waals surface area contributed by atoms with Crippen LogP contribution in [0.3, 0.4) is 0 Å². The zero-order chi connectivity index (χ0) is 15.1. The molecule has 4 nitrogen and oxygen atoms in total. The van der Waals surface area contributed by atoms with Gasteiger partial charge >= 0.3 is 5.97 Å². The second-order valence-electron chi connectivity index (χ2n) is 4.39. The van der Waals surface area contributed by atoms with E-state index in [-0.39, 0.29) is 6.61 Å². The Morgan fingerprint density at radius 2 is 1.71 bits per heavy atom. The average molecular weight is 276 g/mol. The van der Waals surface area contributed by atoms with Crippen molar-refractivity contribution in [2.24, 2.45) is 0 Å². The number of nitriles is 2. The number of hydrogen-bond donors (Lipinski definition) is 0. The van der Waals surface area contributed by atoms with Gasteiger partial charge in [-0.05, 0) is 23.3 Å². The number of benzene rings is 2. The van der Waals surface area contributed by atoms with Gasteiger partial charge in [0.2, 0.25) is 0 Å². The van der Waals surface area contributed by atoms with Crippen LogP contribution in [0.4, 0.5) is 0 Å². The van der Waals surface area contributed by atoms with Crippen LogP contribution in [0.15, 0.2) is 54.6 Å². The van der Waals surface area contributed by atoms with E-state index in [9.17, 15) is 4.79 Å². The Kier molecular flexibility index (Phi) is 4.69. The van der Waals surface area contributed by atoms with Crippen LogP contribution in [0.1, 0.15) is 22.6 Å². The van der Waals surface area contributed by atoms with Crippen molar-refractivity contribution in [2.45, 2.75) is 12.5 Å². The molecule has 0 saturated carbocycles. The monoisotopic (exact) mass is 276 g/mol. The Labute approximate surface area is 122 Å². The molecule has 0 aromatic heterocycles. The summed E-state index contributed by atoms with van der Waals surface area (Å²) in [6.07, 6.45) is 0. The molecular formula is C17H12N2O2. The number of carbonyl (C=O) groups is 1. The molecule has 102 valence electrons. The van der Waals surface area contributed by atoms with Crippen LogP contribution >= 0.6 is 0 Å². The highest BCUT2D eigenvalue weighted by molar-refractivity contribution is 5.81. The first kappa shape index (κ1) is 14.3. The molecule has 0 radical (unpaired) electrons. The fourth-order valence-corrected chi connectivity index (χ4v) is 1.83. The van der Waals surface area contributed by atoms with Gasteiger partial charge in [0.15, 0.2) is 5.92 Å². The van der Waals surface area contributed by atoms with Crippen molar-refractivity contribution < 1.29 is 9.53 Å². The Balaban J connectivity index is 2.05. The molecule has 0 aliphatic rings. The van der Waals surface area contributed by atoms with Gasteiger partial charge in [-0.25, -0.2) is 0 Å². The number of hydrogen-bond acceptors (Lipinski definition) is 4. The molecule has 1 atom stereocenters. The highest BCUT2D eigenvalue weighted by atomic mass is 16.5. The van der Waals surface area contributed by atoms with E-state index in [2.05, 4.69) is 0 Å². The van der Waals surface area contributed by atoms with E-state index >= 15 is 0 Å². The predicted octanol–water partition coefficient (Wildman–Crippen LogP) is 2.91. The Bertz CT molecular complexity index is 694. The van der Waals surface area contributed by atoms with Crippen LogP contribution in [-0.4, -0.2) is 5.97 Å². The molecule has 21 heavy (non-hydrogen) atoms. The predicted molar refractivity (Wildman–Crippen MR) is 75.7 cm³/mol. The van der Waals surface area contributed by atoms with Crippen molar-refractivity contribution in [2.75, 3.05) is 0 Å². The summed E-state index contributed by atoms with van der Waals surface area (Å²) in [6.45, 7) is 0.133. The molecule has 4 heteroatoms. The Morgan fingerprint density at radius 1 is 1.05 bits per heavy atom. The third-order valence-corrected chi connectivity index (χ3v) is 2.96. The van der Waals surface area contributed by atoms with Gasteiger partial charge in [-0.1, -0.05) is 42.5 Å². The first-order chi connectivity index (χ1) is 10.2. The lowest BCUT2D eigenvalue weighted by atomic mass is 10.00. The highest BCUT2D eigenvalue weighted by Gasteiger charge is 2.21. The molecule has 2 aromatic rings. The minimum absolute atomic E-state index is 0.133. The summed E-state index contributed by atoms with van der Waals surface area (Å²) >= 11 is 0. The second kappa shape index (κ2) is 6.88. The third-order valence-electron chi connectivity index (χ3n) is 2.96. The van der Waals surface area contributed by atoms with Gasteiger partial charge in [0, 0.05) is 0 Å². The van der Waals surface area contributed by atoms with E-state index in [4.69, 9.17) is 15.3 Å². The quantitative estimate of drug-likeness (QED) is 0.805. The van der Waals surface area contributed by atoms with Crippen LogP contribution < -0.4 is 0 Å². The SMILES string of the molecule is N#Cc1ccc(C(C#N)C(=O)OCc2ccccc2)cc1. The van der Waals surface area contributed by atoms with Crippen molar-refractivity contribution >= 4 is 5.97 Å². The van der Waals surface area contributed by atoms with Crippen LogP contribution in [0.5, 0.6) is 0 Å². The van der Waals surface area contributed by atoms with Crippen LogP contribution in [0, 0.1) is 22.7 Å². The molecule has 0 fully saturated rings. The maximum Gasteiger partial charge on any atom is 0.328 e. The molecule has 0 saturated heterocycles. The number of carbonyl (C=O) groups excluding carboxylic acids is 1. The van der Waals surface area contributed by atoms with Crippen molar-refractivity contribution in [3.8, 4) is 12.1 Å². The summed E-state index contributed by atoms with van der Waals surface area (Å²) in [4.78, 5) is 12.0. The Morgan fingerprint density at radius 3 is 2.29 bits per heavy atom. The maximum absolute atomic E-state index is 12.0. The van der Waals surface area contributed by atoms with Crippen molar-refractivity contribution in [3.63, 3.8) is 0 Å². The third kappa shape index (κ3) is 3.68. The second-order valence-corrected chi connectivity index (χ2v) is 4.39. The molecule has 0 bridgehead atoms.